The zero-order valence-corrected chi connectivity index (χ0v) is 16.7. The number of hydrogen-bond donors (Lipinski definition) is 1. The van der Waals surface area contributed by atoms with Gasteiger partial charge in [-0.1, -0.05) is 60.1 Å². The number of H-pyrrole nitrogens is 1. The molecule has 1 aromatic heterocycles. The number of aromatic nitrogens is 1. The average Bonchev–Trinajstić information content (AvgIpc) is 3.39. The average molecular weight is 401 g/mol. The zero-order chi connectivity index (χ0) is 19.8. The Morgan fingerprint density at radius 1 is 0.931 bits per heavy atom. The number of halogens is 1. The molecule has 1 saturated heterocycles. The van der Waals surface area contributed by atoms with Crippen LogP contribution >= 0.6 is 11.6 Å². The van der Waals surface area contributed by atoms with Crippen molar-refractivity contribution in [1.29, 1.82) is 0 Å². The molecule has 4 heteroatoms. The van der Waals surface area contributed by atoms with Gasteiger partial charge in [0.15, 0.2) is 0 Å². The molecule has 1 aliphatic rings. The van der Waals surface area contributed by atoms with Crippen molar-refractivity contribution >= 4 is 28.4 Å². The van der Waals surface area contributed by atoms with Crippen molar-refractivity contribution in [2.75, 3.05) is 6.54 Å². The molecule has 0 bridgehead atoms. The Bertz CT molecular complexity index is 1160. The number of likely N-dealkylation sites (tertiary alicyclic amines) is 1. The van der Waals surface area contributed by atoms with Crippen LogP contribution in [-0.4, -0.2) is 22.3 Å². The van der Waals surface area contributed by atoms with Crippen LogP contribution in [0.4, 0.5) is 0 Å². The number of nitrogens with zero attached hydrogens (tertiary/aromatic N) is 1. The fraction of sp³-hybridized carbons (Fsp3) is 0.160. The number of amides is 1. The predicted molar refractivity (Wildman–Crippen MR) is 118 cm³/mol. The van der Waals surface area contributed by atoms with E-state index in [0.29, 0.717) is 10.6 Å². The molecule has 1 unspecified atom stereocenters. The quantitative estimate of drug-likeness (QED) is 0.420. The van der Waals surface area contributed by atoms with Gasteiger partial charge in [-0.05, 0) is 48.7 Å². The van der Waals surface area contributed by atoms with Gasteiger partial charge in [0.2, 0.25) is 0 Å². The molecular weight excluding hydrogens is 380 g/mol. The number of para-hydroxylation sites is 1. The molecule has 144 valence electrons. The molecule has 3 nitrogen and oxygen atoms in total. The van der Waals surface area contributed by atoms with Gasteiger partial charge in [-0.15, -0.1) is 0 Å². The van der Waals surface area contributed by atoms with E-state index in [1.165, 1.54) is 16.5 Å². The Morgan fingerprint density at radius 2 is 1.66 bits per heavy atom. The second kappa shape index (κ2) is 7.41. The van der Waals surface area contributed by atoms with Gasteiger partial charge in [0.05, 0.1) is 6.04 Å². The number of carbonyl (C=O) groups excluding carboxylic acids is 1. The largest absolute Gasteiger partial charge is 0.356 e. The fourth-order valence-electron chi connectivity index (χ4n) is 4.40. The van der Waals surface area contributed by atoms with Crippen LogP contribution in [0, 0.1) is 0 Å². The lowest BCUT2D eigenvalue weighted by Gasteiger charge is -2.25. The van der Waals surface area contributed by atoms with Crippen LogP contribution in [0.5, 0.6) is 0 Å². The minimum absolute atomic E-state index is 0.0285. The van der Waals surface area contributed by atoms with Crippen molar-refractivity contribution < 1.29 is 4.79 Å². The van der Waals surface area contributed by atoms with E-state index in [0.717, 1.165) is 30.6 Å². The lowest BCUT2D eigenvalue weighted by Crippen LogP contribution is -2.31. The molecule has 5 rings (SSSR count). The van der Waals surface area contributed by atoms with Gasteiger partial charge in [-0.2, -0.15) is 0 Å². The van der Waals surface area contributed by atoms with E-state index in [1.54, 1.807) is 12.1 Å². The highest BCUT2D eigenvalue weighted by Crippen LogP contribution is 2.41. The first-order chi connectivity index (χ1) is 14.2. The number of benzene rings is 3. The molecule has 29 heavy (non-hydrogen) atoms. The molecule has 0 spiro atoms. The molecule has 0 aliphatic carbocycles. The van der Waals surface area contributed by atoms with Crippen molar-refractivity contribution in [3.05, 3.63) is 95.1 Å². The highest BCUT2D eigenvalue weighted by atomic mass is 35.5. The summed E-state index contributed by atoms with van der Waals surface area (Å²) in [5.41, 5.74) is 5.27. The fourth-order valence-corrected chi connectivity index (χ4v) is 4.52. The summed E-state index contributed by atoms with van der Waals surface area (Å²) >= 11 is 6.00. The summed E-state index contributed by atoms with van der Waals surface area (Å²) in [5.74, 6) is 0.0573. The zero-order valence-electron chi connectivity index (χ0n) is 15.9. The normalized spacial score (nSPS) is 16.4. The summed E-state index contributed by atoms with van der Waals surface area (Å²) in [6.45, 7) is 0.760. The molecule has 2 heterocycles. The minimum Gasteiger partial charge on any atom is -0.356 e. The highest BCUT2D eigenvalue weighted by Gasteiger charge is 2.33. The van der Waals surface area contributed by atoms with E-state index >= 15 is 0 Å². The van der Waals surface area contributed by atoms with Crippen molar-refractivity contribution in [1.82, 2.24) is 9.88 Å². The molecule has 3 aromatic carbocycles. The van der Waals surface area contributed by atoms with Crippen LogP contribution in [-0.2, 0) is 0 Å². The van der Waals surface area contributed by atoms with Gasteiger partial charge < -0.3 is 9.88 Å². The van der Waals surface area contributed by atoms with Crippen LogP contribution in [0.1, 0.15) is 34.9 Å². The van der Waals surface area contributed by atoms with Gasteiger partial charge in [0.25, 0.3) is 5.91 Å². The first kappa shape index (κ1) is 18.0. The predicted octanol–water partition coefficient (Wildman–Crippen LogP) is 6.47. The standard InChI is InChI=1S/C25H21ClN2O/c26-19-14-12-18(13-15-19)25(29)28-16-6-11-22(28)24-23(17-7-2-1-3-8-17)20-9-4-5-10-21(20)27-24/h1-5,7-10,12-15,22,27H,6,11,16H2. The smallest absolute Gasteiger partial charge is 0.254 e. The monoisotopic (exact) mass is 400 g/mol. The molecule has 1 amide bonds. The van der Waals surface area contributed by atoms with Crippen LogP contribution < -0.4 is 0 Å². The molecule has 0 radical (unpaired) electrons. The summed E-state index contributed by atoms with van der Waals surface area (Å²) in [4.78, 5) is 18.9. The lowest BCUT2D eigenvalue weighted by molar-refractivity contribution is 0.0734. The van der Waals surface area contributed by atoms with E-state index < -0.39 is 0 Å². The van der Waals surface area contributed by atoms with Gasteiger partial charge in [-0.25, -0.2) is 0 Å². The Kier molecular flexibility index (Phi) is 4.61. The van der Waals surface area contributed by atoms with Crippen molar-refractivity contribution in [3.63, 3.8) is 0 Å². The first-order valence-electron chi connectivity index (χ1n) is 9.95. The van der Waals surface area contributed by atoms with Gasteiger partial charge in [0, 0.05) is 39.3 Å². The molecular formula is C25H21ClN2O. The summed E-state index contributed by atoms with van der Waals surface area (Å²) in [7, 11) is 0. The Balaban J connectivity index is 1.61. The Morgan fingerprint density at radius 3 is 2.45 bits per heavy atom. The SMILES string of the molecule is O=C(c1ccc(Cl)cc1)N1CCCC1c1[nH]c2ccccc2c1-c1ccccc1. The number of aromatic amines is 1. The van der Waals surface area contributed by atoms with E-state index in [1.807, 2.05) is 29.2 Å². The van der Waals surface area contributed by atoms with Gasteiger partial charge >= 0.3 is 0 Å². The summed E-state index contributed by atoms with van der Waals surface area (Å²) in [5, 5.41) is 1.83. The third kappa shape index (κ3) is 3.22. The molecule has 0 saturated carbocycles. The molecule has 1 fully saturated rings. The second-order valence-corrected chi connectivity index (χ2v) is 7.93. The van der Waals surface area contributed by atoms with Crippen LogP contribution in [0.15, 0.2) is 78.9 Å². The number of fused-ring (bicyclic) bond motifs is 1. The third-order valence-corrected chi connectivity index (χ3v) is 5.99. The lowest BCUT2D eigenvalue weighted by atomic mass is 9.97. The number of carbonyl (C=O) groups is 1. The molecule has 4 aromatic rings. The molecule has 1 aliphatic heterocycles. The third-order valence-electron chi connectivity index (χ3n) is 5.74. The van der Waals surface area contributed by atoms with Crippen LogP contribution in [0.25, 0.3) is 22.0 Å². The van der Waals surface area contributed by atoms with E-state index in [4.69, 9.17) is 11.6 Å². The van der Waals surface area contributed by atoms with E-state index in [9.17, 15) is 4.79 Å². The van der Waals surface area contributed by atoms with Crippen molar-refractivity contribution in [3.8, 4) is 11.1 Å². The number of rotatable bonds is 3. The number of nitrogens with one attached hydrogen (secondary N) is 1. The van der Waals surface area contributed by atoms with Gasteiger partial charge in [0.1, 0.15) is 0 Å². The minimum atomic E-state index is 0.0285. The maximum Gasteiger partial charge on any atom is 0.254 e. The second-order valence-electron chi connectivity index (χ2n) is 7.49. The van der Waals surface area contributed by atoms with E-state index in [-0.39, 0.29) is 11.9 Å². The van der Waals surface area contributed by atoms with E-state index in [2.05, 4.69) is 47.4 Å². The summed E-state index contributed by atoms with van der Waals surface area (Å²) in [6.07, 6.45) is 1.94. The Hall–Kier alpha value is -3.04. The highest BCUT2D eigenvalue weighted by molar-refractivity contribution is 6.30. The maximum absolute atomic E-state index is 13.3. The number of hydrogen-bond acceptors (Lipinski definition) is 1. The molecule has 1 N–H and O–H groups in total. The van der Waals surface area contributed by atoms with Crippen LogP contribution in [0.2, 0.25) is 5.02 Å². The summed E-state index contributed by atoms with van der Waals surface area (Å²) < 4.78 is 0. The molecule has 1 atom stereocenters. The maximum atomic E-state index is 13.3. The van der Waals surface area contributed by atoms with Crippen molar-refractivity contribution in [2.45, 2.75) is 18.9 Å². The van der Waals surface area contributed by atoms with Gasteiger partial charge in [-0.3, -0.25) is 4.79 Å². The topological polar surface area (TPSA) is 36.1 Å². The Labute approximate surface area is 174 Å². The summed E-state index contributed by atoms with van der Waals surface area (Å²) in [6, 6.07) is 26.0. The first-order valence-corrected chi connectivity index (χ1v) is 10.3. The van der Waals surface area contributed by atoms with Crippen molar-refractivity contribution in [2.24, 2.45) is 0 Å². The van der Waals surface area contributed by atoms with Crippen LogP contribution in [0.3, 0.4) is 0 Å².